The summed E-state index contributed by atoms with van der Waals surface area (Å²) in [5.74, 6) is -0.501. The molecule has 1 saturated carbocycles. The van der Waals surface area contributed by atoms with Gasteiger partial charge in [0.25, 0.3) is 5.91 Å². The zero-order valence-corrected chi connectivity index (χ0v) is 13.6. The lowest BCUT2D eigenvalue weighted by Crippen LogP contribution is -2.44. The van der Waals surface area contributed by atoms with Gasteiger partial charge in [-0.15, -0.1) is 0 Å². The topological polar surface area (TPSA) is 58.2 Å². The van der Waals surface area contributed by atoms with E-state index in [-0.39, 0.29) is 11.8 Å². The zero-order chi connectivity index (χ0) is 15.9. The molecule has 1 fully saturated rings. The smallest absolute Gasteiger partial charge is 0.262 e. The first-order valence-corrected chi connectivity index (χ1v) is 8.05. The van der Waals surface area contributed by atoms with Gasteiger partial charge in [-0.1, -0.05) is 48.5 Å². The quantitative estimate of drug-likeness (QED) is 0.650. The predicted octanol–water partition coefficient (Wildman–Crippen LogP) is 3.73. The molecule has 0 aliphatic heterocycles. The minimum Gasteiger partial charge on any atom is -0.273 e. The normalized spacial score (nSPS) is 15.7. The lowest BCUT2D eigenvalue weighted by atomic mass is 9.89. The van der Waals surface area contributed by atoms with Gasteiger partial charge >= 0.3 is 0 Å². The zero-order valence-electron chi connectivity index (χ0n) is 12.1. The van der Waals surface area contributed by atoms with E-state index in [1.807, 2.05) is 0 Å². The lowest BCUT2D eigenvalue weighted by Gasteiger charge is -2.20. The summed E-state index contributed by atoms with van der Waals surface area (Å²) in [6, 6.07) is 5.07. The number of rotatable bonds is 3. The molecular weight excluding hydrogens is 323 g/mol. The molecule has 0 aromatic heterocycles. The van der Waals surface area contributed by atoms with Crippen LogP contribution in [0, 0.1) is 5.92 Å². The van der Waals surface area contributed by atoms with Crippen molar-refractivity contribution in [3.8, 4) is 0 Å². The third kappa shape index (κ3) is 5.04. The number of benzene rings is 1. The second-order valence-corrected chi connectivity index (χ2v) is 6.13. The maximum Gasteiger partial charge on any atom is 0.262 e. The van der Waals surface area contributed by atoms with Gasteiger partial charge in [-0.3, -0.25) is 20.4 Å². The van der Waals surface area contributed by atoms with E-state index in [2.05, 4.69) is 10.9 Å². The molecule has 1 aliphatic carbocycles. The number of hydrogen-bond acceptors (Lipinski definition) is 2. The van der Waals surface area contributed by atoms with E-state index in [9.17, 15) is 9.59 Å². The first-order chi connectivity index (χ1) is 10.6. The lowest BCUT2D eigenvalue weighted by molar-refractivity contribution is -0.130. The second-order valence-electron chi connectivity index (χ2n) is 5.32. The van der Waals surface area contributed by atoms with Crippen molar-refractivity contribution in [2.45, 2.75) is 32.1 Å². The Morgan fingerprint density at radius 2 is 1.77 bits per heavy atom. The Labute approximate surface area is 139 Å². The molecule has 0 bridgehead atoms. The summed E-state index contributed by atoms with van der Waals surface area (Å²) < 4.78 is 0. The van der Waals surface area contributed by atoms with E-state index in [1.54, 1.807) is 24.3 Å². The number of hydrazine groups is 1. The van der Waals surface area contributed by atoms with Crippen LogP contribution in [0.2, 0.25) is 10.0 Å². The first kappa shape index (κ1) is 16.8. The van der Waals surface area contributed by atoms with Gasteiger partial charge in [-0.2, -0.15) is 0 Å². The Morgan fingerprint density at radius 1 is 1.05 bits per heavy atom. The standard InChI is InChI=1S/C16H18Cl2N2O2/c17-13-8-6-11(10-14(13)18)7-9-15(21)19-20-16(22)12-4-2-1-3-5-12/h6-10,12H,1-5H2,(H,19,21)(H,20,22)/b9-7+. The summed E-state index contributed by atoms with van der Waals surface area (Å²) in [5, 5.41) is 0.887. The molecule has 0 atom stereocenters. The van der Waals surface area contributed by atoms with Crippen molar-refractivity contribution in [1.82, 2.24) is 10.9 Å². The van der Waals surface area contributed by atoms with Crippen molar-refractivity contribution in [3.05, 3.63) is 39.9 Å². The average molecular weight is 341 g/mol. The fourth-order valence-electron chi connectivity index (χ4n) is 2.42. The van der Waals surface area contributed by atoms with Crippen LogP contribution in [0.25, 0.3) is 6.08 Å². The number of amides is 2. The summed E-state index contributed by atoms with van der Waals surface area (Å²) in [5.41, 5.74) is 5.62. The Hall–Kier alpha value is -1.52. The summed E-state index contributed by atoms with van der Waals surface area (Å²) in [6.07, 6.45) is 8.04. The number of halogens is 2. The minimum absolute atomic E-state index is 0.00750. The molecule has 0 saturated heterocycles. The van der Waals surface area contributed by atoms with Crippen molar-refractivity contribution in [3.63, 3.8) is 0 Å². The number of hydrogen-bond donors (Lipinski definition) is 2. The van der Waals surface area contributed by atoms with Gasteiger partial charge in [0.1, 0.15) is 0 Å². The number of carbonyl (C=O) groups excluding carboxylic acids is 2. The number of nitrogens with one attached hydrogen (secondary N) is 2. The van der Waals surface area contributed by atoms with Gasteiger partial charge in [0, 0.05) is 12.0 Å². The van der Waals surface area contributed by atoms with Crippen molar-refractivity contribution >= 4 is 41.1 Å². The van der Waals surface area contributed by atoms with E-state index in [0.717, 1.165) is 31.2 Å². The molecule has 0 radical (unpaired) electrons. The van der Waals surface area contributed by atoms with Gasteiger partial charge in [-0.25, -0.2) is 0 Å². The van der Waals surface area contributed by atoms with Crippen LogP contribution in [-0.4, -0.2) is 11.8 Å². The second kappa shape index (κ2) is 8.20. The fourth-order valence-corrected chi connectivity index (χ4v) is 2.73. The highest BCUT2D eigenvalue weighted by atomic mass is 35.5. The van der Waals surface area contributed by atoms with Crippen LogP contribution in [0.1, 0.15) is 37.7 Å². The SMILES string of the molecule is O=C(/C=C/c1ccc(Cl)c(Cl)c1)NNC(=O)C1CCCCC1. The largest absolute Gasteiger partial charge is 0.273 e. The Balaban J connectivity index is 1.80. The van der Waals surface area contributed by atoms with Crippen LogP contribution in [0.15, 0.2) is 24.3 Å². The molecule has 4 nitrogen and oxygen atoms in total. The summed E-state index contributed by atoms with van der Waals surface area (Å²) in [7, 11) is 0. The molecule has 2 amide bonds. The van der Waals surface area contributed by atoms with E-state index in [0.29, 0.717) is 10.0 Å². The summed E-state index contributed by atoms with van der Waals surface area (Å²) in [6.45, 7) is 0. The molecule has 1 aromatic carbocycles. The van der Waals surface area contributed by atoms with Crippen LogP contribution in [-0.2, 0) is 9.59 Å². The molecule has 2 N–H and O–H groups in total. The summed E-state index contributed by atoms with van der Waals surface area (Å²) >= 11 is 11.7. The van der Waals surface area contributed by atoms with Crippen LogP contribution in [0.4, 0.5) is 0 Å². The molecule has 22 heavy (non-hydrogen) atoms. The average Bonchev–Trinajstić information content (AvgIpc) is 2.54. The summed E-state index contributed by atoms with van der Waals surface area (Å²) in [4.78, 5) is 23.6. The van der Waals surface area contributed by atoms with Crippen LogP contribution >= 0.6 is 23.2 Å². The van der Waals surface area contributed by atoms with E-state index in [4.69, 9.17) is 23.2 Å². The number of carbonyl (C=O) groups is 2. The third-order valence-electron chi connectivity index (χ3n) is 3.66. The van der Waals surface area contributed by atoms with Crippen LogP contribution in [0.3, 0.4) is 0 Å². The molecular formula is C16H18Cl2N2O2. The maximum atomic E-state index is 11.9. The Morgan fingerprint density at radius 3 is 2.45 bits per heavy atom. The highest BCUT2D eigenvalue weighted by Gasteiger charge is 2.20. The molecule has 0 spiro atoms. The van der Waals surface area contributed by atoms with Gasteiger partial charge in [-0.05, 0) is 36.6 Å². The molecule has 0 unspecified atom stereocenters. The van der Waals surface area contributed by atoms with Crippen LogP contribution < -0.4 is 10.9 Å². The van der Waals surface area contributed by atoms with E-state index in [1.165, 1.54) is 12.5 Å². The maximum absolute atomic E-state index is 11.9. The van der Waals surface area contributed by atoms with Crippen molar-refractivity contribution in [2.24, 2.45) is 5.92 Å². The third-order valence-corrected chi connectivity index (χ3v) is 4.39. The van der Waals surface area contributed by atoms with Crippen molar-refractivity contribution < 1.29 is 9.59 Å². The van der Waals surface area contributed by atoms with Crippen molar-refractivity contribution in [1.29, 1.82) is 0 Å². The van der Waals surface area contributed by atoms with E-state index >= 15 is 0 Å². The highest BCUT2D eigenvalue weighted by molar-refractivity contribution is 6.42. The van der Waals surface area contributed by atoms with Gasteiger partial charge < -0.3 is 0 Å². The van der Waals surface area contributed by atoms with Crippen LogP contribution in [0.5, 0.6) is 0 Å². The van der Waals surface area contributed by atoms with Gasteiger partial charge in [0.15, 0.2) is 0 Å². The first-order valence-electron chi connectivity index (χ1n) is 7.29. The highest BCUT2D eigenvalue weighted by Crippen LogP contribution is 2.24. The Kier molecular flexibility index (Phi) is 6.28. The minimum atomic E-state index is -0.393. The Bertz CT molecular complexity index is 582. The molecule has 2 rings (SSSR count). The molecule has 1 aromatic rings. The molecule has 1 aliphatic rings. The molecule has 0 heterocycles. The fraction of sp³-hybridized carbons (Fsp3) is 0.375. The van der Waals surface area contributed by atoms with Gasteiger partial charge in [0.2, 0.25) is 5.91 Å². The van der Waals surface area contributed by atoms with Crippen molar-refractivity contribution in [2.75, 3.05) is 0 Å². The molecule has 118 valence electrons. The molecule has 6 heteroatoms. The van der Waals surface area contributed by atoms with Gasteiger partial charge in [0.05, 0.1) is 10.0 Å². The predicted molar refractivity (Wildman–Crippen MR) is 88.4 cm³/mol. The van der Waals surface area contributed by atoms with E-state index < -0.39 is 5.91 Å². The monoisotopic (exact) mass is 340 g/mol.